The van der Waals surface area contributed by atoms with Gasteiger partial charge in [0, 0.05) is 12.4 Å². The van der Waals surface area contributed by atoms with Crippen LogP contribution in [0, 0.1) is 5.82 Å². The SMILES string of the molecule is O=C(O)c1cn2cc(F)c(Br)cc2n1. The third kappa shape index (κ3) is 1.37. The van der Waals surface area contributed by atoms with Crippen molar-refractivity contribution in [1.82, 2.24) is 9.38 Å². The van der Waals surface area contributed by atoms with Crippen molar-refractivity contribution in [1.29, 1.82) is 0 Å². The Morgan fingerprint density at radius 2 is 2.29 bits per heavy atom. The van der Waals surface area contributed by atoms with Crippen LogP contribution in [-0.2, 0) is 0 Å². The highest BCUT2D eigenvalue weighted by molar-refractivity contribution is 9.10. The number of hydrogen-bond donors (Lipinski definition) is 1. The first kappa shape index (κ1) is 9.14. The normalized spacial score (nSPS) is 10.7. The van der Waals surface area contributed by atoms with Crippen molar-refractivity contribution in [2.45, 2.75) is 0 Å². The van der Waals surface area contributed by atoms with E-state index in [1.54, 1.807) is 0 Å². The summed E-state index contributed by atoms with van der Waals surface area (Å²) in [7, 11) is 0. The molecule has 14 heavy (non-hydrogen) atoms. The smallest absolute Gasteiger partial charge is 0.356 e. The molecule has 0 radical (unpaired) electrons. The summed E-state index contributed by atoms with van der Waals surface area (Å²) < 4.78 is 14.6. The van der Waals surface area contributed by atoms with E-state index in [0.717, 1.165) is 0 Å². The van der Waals surface area contributed by atoms with Gasteiger partial charge in [-0.15, -0.1) is 0 Å². The van der Waals surface area contributed by atoms with Crippen LogP contribution < -0.4 is 0 Å². The monoisotopic (exact) mass is 258 g/mol. The molecule has 0 aliphatic carbocycles. The second-order valence-electron chi connectivity index (χ2n) is 2.67. The minimum Gasteiger partial charge on any atom is -0.476 e. The van der Waals surface area contributed by atoms with Gasteiger partial charge in [0.25, 0.3) is 0 Å². The number of imidazole rings is 1. The number of fused-ring (bicyclic) bond motifs is 1. The Morgan fingerprint density at radius 1 is 1.57 bits per heavy atom. The number of nitrogens with zero attached hydrogens (tertiary/aromatic N) is 2. The van der Waals surface area contributed by atoms with Crippen LogP contribution >= 0.6 is 15.9 Å². The lowest BCUT2D eigenvalue weighted by molar-refractivity contribution is 0.0691. The molecule has 2 heterocycles. The highest BCUT2D eigenvalue weighted by Crippen LogP contribution is 2.17. The molecule has 0 unspecified atom stereocenters. The molecule has 2 rings (SSSR count). The summed E-state index contributed by atoms with van der Waals surface area (Å²) in [5.41, 5.74) is 0.276. The van der Waals surface area contributed by atoms with Crippen LogP contribution in [0.1, 0.15) is 10.5 Å². The van der Waals surface area contributed by atoms with Gasteiger partial charge < -0.3 is 9.51 Å². The third-order valence-corrected chi connectivity index (χ3v) is 2.32. The van der Waals surface area contributed by atoms with E-state index in [4.69, 9.17) is 5.11 Å². The van der Waals surface area contributed by atoms with Gasteiger partial charge in [-0.2, -0.15) is 0 Å². The zero-order valence-electron chi connectivity index (χ0n) is 6.74. The highest BCUT2D eigenvalue weighted by atomic mass is 79.9. The largest absolute Gasteiger partial charge is 0.476 e. The van der Waals surface area contributed by atoms with E-state index in [2.05, 4.69) is 20.9 Å². The molecule has 0 aliphatic heterocycles. The number of hydrogen-bond acceptors (Lipinski definition) is 2. The number of halogens is 2. The van der Waals surface area contributed by atoms with Crippen molar-refractivity contribution in [3.63, 3.8) is 0 Å². The fourth-order valence-electron chi connectivity index (χ4n) is 1.09. The summed E-state index contributed by atoms with van der Waals surface area (Å²) >= 11 is 2.99. The van der Waals surface area contributed by atoms with Gasteiger partial charge in [-0.1, -0.05) is 0 Å². The molecule has 2 aromatic heterocycles. The lowest BCUT2D eigenvalue weighted by Gasteiger charge is -1.95. The first-order valence-electron chi connectivity index (χ1n) is 3.65. The quantitative estimate of drug-likeness (QED) is 0.851. The summed E-state index contributed by atoms with van der Waals surface area (Å²) in [5.74, 6) is -1.60. The van der Waals surface area contributed by atoms with Gasteiger partial charge in [-0.25, -0.2) is 14.2 Å². The number of carboxylic acid groups (broad SMARTS) is 1. The van der Waals surface area contributed by atoms with Crippen molar-refractivity contribution < 1.29 is 14.3 Å². The topological polar surface area (TPSA) is 54.6 Å². The molecule has 1 N–H and O–H groups in total. The Hall–Kier alpha value is -1.43. The summed E-state index contributed by atoms with van der Waals surface area (Å²) in [4.78, 5) is 14.3. The first-order chi connectivity index (χ1) is 6.58. The number of pyridine rings is 1. The fourth-order valence-corrected chi connectivity index (χ4v) is 1.39. The summed E-state index contributed by atoms with van der Waals surface area (Å²) in [6.45, 7) is 0. The van der Waals surface area contributed by atoms with Crippen molar-refractivity contribution in [2.75, 3.05) is 0 Å². The zero-order chi connectivity index (χ0) is 10.3. The van der Waals surface area contributed by atoms with Crippen LogP contribution in [0.2, 0.25) is 0 Å². The number of aromatic nitrogens is 2. The Balaban J connectivity index is 2.72. The molecular formula is C8H4BrFN2O2. The predicted octanol–water partition coefficient (Wildman–Crippen LogP) is 1.93. The van der Waals surface area contributed by atoms with E-state index in [0.29, 0.717) is 5.65 Å². The Bertz CT molecular complexity index is 484. The highest BCUT2D eigenvalue weighted by Gasteiger charge is 2.10. The number of carboxylic acids is 1. The fraction of sp³-hybridized carbons (Fsp3) is 0. The molecule has 0 spiro atoms. The van der Waals surface area contributed by atoms with Crippen LogP contribution in [0.3, 0.4) is 0 Å². The van der Waals surface area contributed by atoms with Gasteiger partial charge in [-0.05, 0) is 22.0 Å². The minimum absolute atomic E-state index is 0.109. The average molecular weight is 259 g/mol. The number of aromatic carboxylic acids is 1. The van der Waals surface area contributed by atoms with Crippen LogP contribution in [0.4, 0.5) is 4.39 Å². The standard InChI is InChI=1S/C8H4BrFN2O2/c9-4-1-7-11-6(8(13)14)3-12(7)2-5(4)10/h1-3H,(H,13,14). The van der Waals surface area contributed by atoms with Gasteiger partial charge in [0.15, 0.2) is 11.5 Å². The molecule has 0 aromatic carbocycles. The Kier molecular flexibility index (Phi) is 1.99. The molecule has 0 atom stereocenters. The Labute approximate surface area is 86.1 Å². The maximum atomic E-state index is 13.0. The molecule has 0 amide bonds. The summed E-state index contributed by atoms with van der Waals surface area (Å²) in [6.07, 6.45) is 2.42. The minimum atomic E-state index is -1.13. The molecule has 0 aliphatic rings. The van der Waals surface area contributed by atoms with Gasteiger partial charge in [0.05, 0.1) is 4.47 Å². The molecular weight excluding hydrogens is 255 g/mol. The number of carbonyl (C=O) groups is 1. The van der Waals surface area contributed by atoms with E-state index >= 15 is 0 Å². The molecule has 0 saturated carbocycles. The molecule has 2 aromatic rings. The second kappa shape index (κ2) is 3.06. The molecule has 0 fully saturated rings. The Morgan fingerprint density at radius 3 is 2.93 bits per heavy atom. The summed E-state index contributed by atoms with van der Waals surface area (Å²) in [5, 5.41) is 8.64. The summed E-state index contributed by atoms with van der Waals surface area (Å²) in [6, 6.07) is 1.42. The molecule has 0 bridgehead atoms. The molecule has 4 nitrogen and oxygen atoms in total. The van der Waals surface area contributed by atoms with Crippen molar-refractivity contribution in [2.24, 2.45) is 0 Å². The van der Waals surface area contributed by atoms with Gasteiger partial charge in [0.1, 0.15) is 5.65 Å². The van der Waals surface area contributed by atoms with E-state index in [-0.39, 0.29) is 10.2 Å². The predicted molar refractivity (Wildman–Crippen MR) is 49.8 cm³/mol. The van der Waals surface area contributed by atoms with Crippen LogP contribution in [0.25, 0.3) is 5.65 Å². The lowest BCUT2D eigenvalue weighted by atomic mass is 10.4. The second-order valence-corrected chi connectivity index (χ2v) is 3.52. The van der Waals surface area contributed by atoms with Crippen molar-refractivity contribution in [3.05, 3.63) is 34.4 Å². The maximum absolute atomic E-state index is 13.0. The maximum Gasteiger partial charge on any atom is 0.356 e. The lowest BCUT2D eigenvalue weighted by Crippen LogP contribution is -1.94. The van der Waals surface area contributed by atoms with Crippen LogP contribution in [0.15, 0.2) is 22.9 Å². The van der Waals surface area contributed by atoms with Gasteiger partial charge >= 0.3 is 5.97 Å². The number of rotatable bonds is 1. The van der Waals surface area contributed by atoms with E-state index in [1.165, 1.54) is 22.9 Å². The average Bonchev–Trinajstić information content (AvgIpc) is 2.48. The van der Waals surface area contributed by atoms with Crippen LogP contribution in [-0.4, -0.2) is 20.5 Å². The van der Waals surface area contributed by atoms with Crippen molar-refractivity contribution in [3.8, 4) is 0 Å². The molecule has 72 valence electrons. The van der Waals surface area contributed by atoms with E-state index in [9.17, 15) is 9.18 Å². The van der Waals surface area contributed by atoms with Crippen LogP contribution in [0.5, 0.6) is 0 Å². The molecule has 6 heteroatoms. The third-order valence-electron chi connectivity index (χ3n) is 1.72. The first-order valence-corrected chi connectivity index (χ1v) is 4.44. The zero-order valence-corrected chi connectivity index (χ0v) is 8.32. The van der Waals surface area contributed by atoms with E-state index < -0.39 is 11.8 Å². The van der Waals surface area contributed by atoms with Gasteiger partial charge in [-0.3, -0.25) is 0 Å². The van der Waals surface area contributed by atoms with Crippen molar-refractivity contribution >= 4 is 27.5 Å². The van der Waals surface area contributed by atoms with E-state index in [1.807, 2.05) is 0 Å². The molecule has 0 saturated heterocycles. The van der Waals surface area contributed by atoms with Gasteiger partial charge in [0.2, 0.25) is 0 Å².